The Morgan fingerprint density at radius 2 is 1.85 bits per heavy atom. The van der Waals surface area contributed by atoms with Crippen LogP contribution in [0.4, 0.5) is 0 Å². The van der Waals surface area contributed by atoms with E-state index in [1.807, 2.05) is 0 Å². The Morgan fingerprint density at radius 1 is 1.15 bits per heavy atom. The number of amides is 1. The second kappa shape index (κ2) is 10.1. The van der Waals surface area contributed by atoms with Crippen LogP contribution in [-0.2, 0) is 10.2 Å². The summed E-state index contributed by atoms with van der Waals surface area (Å²) in [6.45, 7) is 1.49. The average molecular weight is 470 g/mol. The third-order valence-corrected chi connectivity index (χ3v) is 5.42. The number of benzene rings is 1. The van der Waals surface area contributed by atoms with Crippen molar-refractivity contribution in [3.05, 3.63) is 35.9 Å². The van der Waals surface area contributed by atoms with E-state index < -0.39 is 0 Å². The summed E-state index contributed by atoms with van der Waals surface area (Å²) >= 11 is 0. The van der Waals surface area contributed by atoms with Gasteiger partial charge in [-0.3, -0.25) is 9.79 Å². The first-order valence-corrected chi connectivity index (χ1v) is 9.51. The van der Waals surface area contributed by atoms with Crippen molar-refractivity contribution in [1.29, 1.82) is 0 Å². The summed E-state index contributed by atoms with van der Waals surface area (Å²) < 4.78 is 0. The molecule has 26 heavy (non-hydrogen) atoms. The van der Waals surface area contributed by atoms with Gasteiger partial charge in [-0.25, -0.2) is 0 Å². The molecular weight excluding hydrogens is 439 g/mol. The lowest BCUT2D eigenvalue weighted by Crippen LogP contribution is -2.43. The first-order valence-electron chi connectivity index (χ1n) is 9.51. The molecule has 0 heterocycles. The highest BCUT2D eigenvalue weighted by Crippen LogP contribution is 2.47. The SMILES string of the molecule is CN=C(NCCC(=O)NC1CCCC1)NCC1(c2ccccc2)CC1.I. The zero-order valence-corrected chi connectivity index (χ0v) is 17.9. The lowest BCUT2D eigenvalue weighted by atomic mass is 9.96. The summed E-state index contributed by atoms with van der Waals surface area (Å²) in [6, 6.07) is 11.1. The van der Waals surface area contributed by atoms with Crippen LogP contribution in [0.2, 0.25) is 0 Å². The predicted molar refractivity (Wildman–Crippen MR) is 117 cm³/mol. The average Bonchev–Trinajstić information content (AvgIpc) is 3.27. The third-order valence-electron chi connectivity index (χ3n) is 5.42. The van der Waals surface area contributed by atoms with Crippen molar-refractivity contribution in [2.24, 2.45) is 4.99 Å². The fraction of sp³-hybridized carbons (Fsp3) is 0.600. The topological polar surface area (TPSA) is 65.5 Å². The van der Waals surface area contributed by atoms with Crippen molar-refractivity contribution in [3.8, 4) is 0 Å². The number of nitrogens with one attached hydrogen (secondary N) is 3. The summed E-state index contributed by atoms with van der Waals surface area (Å²) in [5.74, 6) is 0.911. The number of guanidine groups is 1. The van der Waals surface area contributed by atoms with E-state index in [4.69, 9.17) is 0 Å². The highest BCUT2D eigenvalue weighted by molar-refractivity contribution is 14.0. The largest absolute Gasteiger partial charge is 0.356 e. The van der Waals surface area contributed by atoms with Crippen LogP contribution < -0.4 is 16.0 Å². The minimum Gasteiger partial charge on any atom is -0.356 e. The van der Waals surface area contributed by atoms with E-state index >= 15 is 0 Å². The molecule has 6 heteroatoms. The molecule has 1 aromatic carbocycles. The molecule has 3 rings (SSSR count). The van der Waals surface area contributed by atoms with Crippen molar-refractivity contribution >= 4 is 35.8 Å². The second-order valence-electron chi connectivity index (χ2n) is 7.30. The van der Waals surface area contributed by atoms with Crippen LogP contribution in [0.15, 0.2) is 35.3 Å². The molecule has 0 atom stereocenters. The molecule has 0 radical (unpaired) electrons. The van der Waals surface area contributed by atoms with Crippen LogP contribution in [-0.4, -0.2) is 38.0 Å². The molecule has 2 aliphatic carbocycles. The van der Waals surface area contributed by atoms with Crippen molar-refractivity contribution in [2.45, 2.75) is 56.4 Å². The maximum absolute atomic E-state index is 12.0. The molecule has 0 bridgehead atoms. The van der Waals surface area contributed by atoms with Gasteiger partial charge in [0.15, 0.2) is 5.96 Å². The van der Waals surface area contributed by atoms with Crippen molar-refractivity contribution in [2.75, 3.05) is 20.1 Å². The molecule has 0 aromatic heterocycles. The van der Waals surface area contributed by atoms with E-state index in [1.165, 1.54) is 31.2 Å². The molecule has 0 saturated heterocycles. The van der Waals surface area contributed by atoms with Crippen LogP contribution in [0.25, 0.3) is 0 Å². The monoisotopic (exact) mass is 470 g/mol. The number of hydrogen-bond acceptors (Lipinski definition) is 2. The zero-order chi connectivity index (χ0) is 17.5. The Bertz CT molecular complexity index is 595. The summed E-state index contributed by atoms with van der Waals surface area (Å²) in [4.78, 5) is 16.2. The number of carbonyl (C=O) groups is 1. The van der Waals surface area contributed by atoms with Gasteiger partial charge in [-0.05, 0) is 31.2 Å². The number of halogens is 1. The van der Waals surface area contributed by atoms with Crippen LogP contribution >= 0.6 is 24.0 Å². The Hall–Kier alpha value is -1.31. The minimum atomic E-state index is 0. The summed E-state index contributed by atoms with van der Waals surface area (Å²) in [7, 11) is 1.77. The molecule has 0 unspecified atom stereocenters. The highest BCUT2D eigenvalue weighted by atomic mass is 127. The van der Waals surface area contributed by atoms with Gasteiger partial charge in [-0.15, -0.1) is 24.0 Å². The van der Waals surface area contributed by atoms with Gasteiger partial charge in [0.25, 0.3) is 0 Å². The molecule has 2 saturated carbocycles. The van der Waals surface area contributed by atoms with Crippen molar-refractivity contribution in [1.82, 2.24) is 16.0 Å². The van der Waals surface area contributed by atoms with Crippen molar-refractivity contribution < 1.29 is 4.79 Å². The van der Waals surface area contributed by atoms with E-state index in [0.29, 0.717) is 19.0 Å². The molecule has 2 fully saturated rings. The number of aliphatic imine (C=N–C) groups is 1. The molecule has 2 aliphatic rings. The fourth-order valence-electron chi connectivity index (χ4n) is 3.65. The molecule has 5 nitrogen and oxygen atoms in total. The minimum absolute atomic E-state index is 0. The molecule has 1 aromatic rings. The predicted octanol–water partition coefficient (Wildman–Crippen LogP) is 2.95. The molecule has 1 amide bonds. The van der Waals surface area contributed by atoms with E-state index in [9.17, 15) is 4.79 Å². The van der Waals surface area contributed by atoms with E-state index in [-0.39, 0.29) is 35.3 Å². The van der Waals surface area contributed by atoms with Crippen LogP contribution in [0.3, 0.4) is 0 Å². The number of hydrogen-bond donors (Lipinski definition) is 3. The van der Waals surface area contributed by atoms with E-state index in [0.717, 1.165) is 25.3 Å². The van der Waals surface area contributed by atoms with Gasteiger partial charge < -0.3 is 16.0 Å². The quantitative estimate of drug-likeness (QED) is 0.326. The molecule has 144 valence electrons. The molecular formula is C20H31IN4O. The van der Waals surface area contributed by atoms with Crippen molar-refractivity contribution in [3.63, 3.8) is 0 Å². The third kappa shape index (κ3) is 5.86. The van der Waals surface area contributed by atoms with Gasteiger partial charge in [0, 0.05) is 38.0 Å². The number of carbonyl (C=O) groups excluding carboxylic acids is 1. The van der Waals surface area contributed by atoms with Gasteiger partial charge in [-0.1, -0.05) is 43.2 Å². The first-order chi connectivity index (χ1) is 12.2. The lowest BCUT2D eigenvalue weighted by Gasteiger charge is -2.19. The van der Waals surface area contributed by atoms with Crippen LogP contribution in [0.1, 0.15) is 50.5 Å². The Morgan fingerprint density at radius 3 is 2.46 bits per heavy atom. The summed E-state index contributed by atoms with van der Waals surface area (Å²) in [5.41, 5.74) is 1.65. The molecule has 0 aliphatic heterocycles. The Balaban J connectivity index is 0.00000243. The van der Waals surface area contributed by atoms with Gasteiger partial charge in [0.05, 0.1) is 0 Å². The maximum atomic E-state index is 12.0. The molecule has 3 N–H and O–H groups in total. The normalized spacial score (nSPS) is 18.7. The fourth-order valence-corrected chi connectivity index (χ4v) is 3.65. The molecule has 0 spiro atoms. The highest BCUT2D eigenvalue weighted by Gasteiger charge is 2.43. The zero-order valence-electron chi connectivity index (χ0n) is 15.6. The summed E-state index contributed by atoms with van der Waals surface area (Å²) in [5, 5.41) is 9.80. The maximum Gasteiger partial charge on any atom is 0.221 e. The standard InChI is InChI=1S/C20H30N4O.HI/c1-21-19(22-14-11-18(25)24-17-9-5-6-10-17)23-15-20(12-13-20)16-7-3-2-4-8-16;/h2-4,7-8,17H,5-6,9-15H2,1H3,(H,24,25)(H2,21,22,23);1H. The first kappa shape index (κ1) is 21.0. The number of nitrogens with zero attached hydrogens (tertiary/aromatic N) is 1. The number of rotatable bonds is 7. The van der Waals surface area contributed by atoms with E-state index in [1.54, 1.807) is 7.05 Å². The smallest absolute Gasteiger partial charge is 0.221 e. The van der Waals surface area contributed by atoms with Gasteiger partial charge in [-0.2, -0.15) is 0 Å². The van der Waals surface area contributed by atoms with E-state index in [2.05, 4.69) is 51.3 Å². The van der Waals surface area contributed by atoms with Crippen LogP contribution in [0.5, 0.6) is 0 Å². The lowest BCUT2D eigenvalue weighted by molar-refractivity contribution is -0.121. The van der Waals surface area contributed by atoms with Crippen LogP contribution in [0, 0.1) is 0 Å². The Labute approximate surface area is 173 Å². The van der Waals surface area contributed by atoms with Gasteiger partial charge in [0.2, 0.25) is 5.91 Å². The summed E-state index contributed by atoms with van der Waals surface area (Å²) in [6.07, 6.45) is 7.65. The van der Waals surface area contributed by atoms with Gasteiger partial charge in [0.1, 0.15) is 0 Å². The Kier molecular flexibility index (Phi) is 8.18. The van der Waals surface area contributed by atoms with Gasteiger partial charge >= 0.3 is 0 Å². The second-order valence-corrected chi connectivity index (χ2v) is 7.30.